The van der Waals surface area contributed by atoms with Crippen molar-refractivity contribution >= 4 is 112 Å². The number of hydrogen-bond acceptors (Lipinski definition) is 7. The first kappa shape index (κ1) is 25.3. The SMILES string of the molecule is O=C(OCCS(=O)(=O)[O-])c1c(I)c(I)c(I)c(I)c1C(=O)OC1CCCCC1. The van der Waals surface area contributed by atoms with Crippen LogP contribution in [0.4, 0.5) is 0 Å². The molecule has 1 aliphatic rings. The van der Waals surface area contributed by atoms with Crippen LogP contribution in [-0.4, -0.2) is 43.4 Å². The highest BCUT2D eigenvalue weighted by atomic mass is 127. The summed E-state index contributed by atoms with van der Waals surface area (Å²) in [7, 11) is -4.51. The quantitative estimate of drug-likeness (QED) is 0.138. The molecule has 0 radical (unpaired) electrons. The summed E-state index contributed by atoms with van der Waals surface area (Å²) >= 11 is 8.13. The second-order valence-electron chi connectivity index (χ2n) is 6.07. The zero-order valence-electron chi connectivity index (χ0n) is 14.3. The predicted octanol–water partition coefficient (Wildman–Crippen LogP) is 4.30. The van der Waals surface area contributed by atoms with Gasteiger partial charge in [-0.3, -0.25) is 0 Å². The largest absolute Gasteiger partial charge is 0.748 e. The second-order valence-corrected chi connectivity index (χ2v) is 11.9. The van der Waals surface area contributed by atoms with E-state index in [4.69, 9.17) is 9.47 Å². The van der Waals surface area contributed by atoms with Gasteiger partial charge in [0.15, 0.2) is 0 Å². The van der Waals surface area contributed by atoms with Gasteiger partial charge in [-0.2, -0.15) is 0 Å². The van der Waals surface area contributed by atoms with Crippen molar-refractivity contribution < 1.29 is 32.0 Å². The topological polar surface area (TPSA) is 110 Å². The molecule has 1 saturated carbocycles. The van der Waals surface area contributed by atoms with E-state index in [2.05, 4.69) is 45.2 Å². The molecule has 1 fully saturated rings. The fraction of sp³-hybridized carbons (Fsp3) is 0.500. The Bertz CT molecular complexity index is 880. The first-order chi connectivity index (χ1) is 13.0. The van der Waals surface area contributed by atoms with Gasteiger partial charge in [0.1, 0.15) is 12.7 Å². The Labute approximate surface area is 217 Å². The van der Waals surface area contributed by atoms with E-state index in [1.54, 1.807) is 0 Å². The molecule has 0 aromatic heterocycles. The number of carbonyl (C=O) groups excluding carboxylic acids is 2. The van der Waals surface area contributed by atoms with E-state index in [0.717, 1.165) is 39.2 Å². The Morgan fingerprint density at radius 2 is 1.39 bits per heavy atom. The van der Waals surface area contributed by atoms with E-state index in [9.17, 15) is 22.6 Å². The van der Waals surface area contributed by atoms with Gasteiger partial charge in [-0.25, -0.2) is 18.0 Å². The van der Waals surface area contributed by atoms with Crippen LogP contribution in [0.5, 0.6) is 0 Å². The van der Waals surface area contributed by atoms with Crippen molar-refractivity contribution in [3.63, 3.8) is 0 Å². The number of benzene rings is 1. The Balaban J connectivity index is 2.36. The van der Waals surface area contributed by atoms with Gasteiger partial charge in [0.05, 0.1) is 27.0 Å². The molecular formula is C16H15I4O7S-. The highest BCUT2D eigenvalue weighted by molar-refractivity contribution is 14.1. The normalized spacial score (nSPS) is 15.3. The number of halogens is 4. The van der Waals surface area contributed by atoms with Crippen LogP contribution in [0.25, 0.3) is 0 Å². The molecule has 0 heterocycles. The average Bonchev–Trinajstić information content (AvgIpc) is 2.62. The minimum atomic E-state index is -4.51. The highest BCUT2D eigenvalue weighted by Gasteiger charge is 2.31. The molecule has 156 valence electrons. The molecule has 0 bridgehead atoms. The maximum absolute atomic E-state index is 12.9. The van der Waals surface area contributed by atoms with Crippen molar-refractivity contribution in [3.8, 4) is 0 Å². The van der Waals surface area contributed by atoms with Crippen molar-refractivity contribution in [2.24, 2.45) is 0 Å². The van der Waals surface area contributed by atoms with Crippen LogP contribution in [0.3, 0.4) is 0 Å². The van der Waals surface area contributed by atoms with Crippen molar-refractivity contribution in [1.29, 1.82) is 0 Å². The van der Waals surface area contributed by atoms with Gasteiger partial charge < -0.3 is 14.0 Å². The minimum Gasteiger partial charge on any atom is -0.748 e. The Kier molecular flexibility index (Phi) is 9.95. The van der Waals surface area contributed by atoms with Crippen LogP contribution >= 0.6 is 90.4 Å². The molecule has 0 amide bonds. The number of esters is 2. The molecule has 1 aromatic carbocycles. The van der Waals surface area contributed by atoms with Crippen molar-refractivity contribution in [2.45, 2.75) is 38.2 Å². The third kappa shape index (κ3) is 6.74. The smallest absolute Gasteiger partial charge is 0.340 e. The maximum atomic E-state index is 12.9. The molecule has 0 spiro atoms. The van der Waals surface area contributed by atoms with Crippen molar-refractivity contribution in [3.05, 3.63) is 25.4 Å². The lowest BCUT2D eigenvalue weighted by Crippen LogP contribution is -2.25. The molecule has 0 N–H and O–H groups in total. The molecule has 1 aromatic rings. The summed E-state index contributed by atoms with van der Waals surface area (Å²) in [6.07, 6.45) is 4.51. The van der Waals surface area contributed by atoms with Gasteiger partial charge in [-0.1, -0.05) is 6.42 Å². The van der Waals surface area contributed by atoms with Gasteiger partial charge in [0, 0.05) is 14.3 Å². The lowest BCUT2D eigenvalue weighted by molar-refractivity contribution is 0.0202. The van der Waals surface area contributed by atoms with Gasteiger partial charge >= 0.3 is 11.9 Å². The van der Waals surface area contributed by atoms with Gasteiger partial charge in [0.25, 0.3) is 0 Å². The lowest BCUT2D eigenvalue weighted by atomic mass is 9.97. The Morgan fingerprint density at radius 3 is 1.89 bits per heavy atom. The standard InChI is InChI=1S/C16H16I4O7S/c17-11-9(15(21)26-6-7-28(23,24)25)10(12(18)14(20)13(11)19)16(22)27-8-4-2-1-3-5-8/h8H,1-7H2,(H,23,24,25)/p-1. The van der Waals surface area contributed by atoms with E-state index >= 15 is 0 Å². The Hall–Kier alpha value is 0.990. The summed E-state index contributed by atoms with van der Waals surface area (Å²) in [5.74, 6) is -2.27. The van der Waals surface area contributed by atoms with Crippen molar-refractivity contribution in [1.82, 2.24) is 0 Å². The summed E-state index contributed by atoms with van der Waals surface area (Å²) in [5.41, 5.74) is 0.161. The van der Waals surface area contributed by atoms with E-state index in [0.29, 0.717) is 7.14 Å². The van der Waals surface area contributed by atoms with E-state index in [-0.39, 0.29) is 17.2 Å². The van der Waals surface area contributed by atoms with Crippen molar-refractivity contribution in [2.75, 3.05) is 12.4 Å². The zero-order chi connectivity index (χ0) is 21.1. The van der Waals surface area contributed by atoms with Crippen LogP contribution in [0.2, 0.25) is 0 Å². The number of rotatable bonds is 6. The van der Waals surface area contributed by atoms with E-state index < -0.39 is 34.4 Å². The molecular weight excluding hydrogens is 844 g/mol. The van der Waals surface area contributed by atoms with Crippen LogP contribution in [-0.2, 0) is 19.6 Å². The third-order valence-corrected chi connectivity index (χ3v) is 12.1. The van der Waals surface area contributed by atoms with Crippen LogP contribution < -0.4 is 0 Å². The third-order valence-electron chi connectivity index (χ3n) is 4.07. The van der Waals surface area contributed by atoms with Crippen LogP contribution in [0.15, 0.2) is 0 Å². The van der Waals surface area contributed by atoms with E-state index in [1.807, 2.05) is 45.2 Å². The first-order valence-corrected chi connectivity index (χ1v) is 14.1. The average molecular weight is 859 g/mol. The van der Waals surface area contributed by atoms with Gasteiger partial charge in [-0.15, -0.1) is 0 Å². The monoisotopic (exact) mass is 859 g/mol. The summed E-state index contributed by atoms with van der Waals surface area (Å²) in [5, 5.41) is 0. The van der Waals surface area contributed by atoms with Crippen LogP contribution in [0.1, 0.15) is 52.8 Å². The number of hydrogen-bond donors (Lipinski definition) is 0. The Morgan fingerprint density at radius 1 is 0.893 bits per heavy atom. The summed E-state index contributed by atoms with van der Waals surface area (Å²) in [6, 6.07) is 0. The summed E-state index contributed by atoms with van der Waals surface area (Å²) in [6.45, 7) is -0.572. The molecule has 28 heavy (non-hydrogen) atoms. The second kappa shape index (κ2) is 11.0. The summed E-state index contributed by atoms with van der Waals surface area (Å²) in [4.78, 5) is 25.6. The molecule has 7 nitrogen and oxygen atoms in total. The molecule has 1 aliphatic carbocycles. The predicted molar refractivity (Wildman–Crippen MR) is 134 cm³/mol. The fourth-order valence-corrected chi connectivity index (χ4v) is 6.63. The number of ether oxygens (including phenoxy) is 2. The van der Waals surface area contributed by atoms with Crippen LogP contribution in [0, 0.1) is 14.3 Å². The molecule has 2 rings (SSSR count). The minimum absolute atomic E-state index is 0.0407. The molecule has 0 atom stereocenters. The molecule has 12 heteroatoms. The van der Waals surface area contributed by atoms with Gasteiger partial charge in [0.2, 0.25) is 0 Å². The first-order valence-electron chi connectivity index (χ1n) is 8.20. The van der Waals surface area contributed by atoms with Gasteiger partial charge in [-0.05, 0) is 116 Å². The molecule has 0 saturated heterocycles. The highest BCUT2D eigenvalue weighted by Crippen LogP contribution is 2.34. The summed E-state index contributed by atoms with van der Waals surface area (Å²) < 4.78 is 45.5. The number of carbonyl (C=O) groups is 2. The molecule has 0 unspecified atom stereocenters. The molecule has 0 aliphatic heterocycles. The zero-order valence-corrected chi connectivity index (χ0v) is 23.8. The van der Waals surface area contributed by atoms with E-state index in [1.165, 1.54) is 0 Å². The lowest BCUT2D eigenvalue weighted by Gasteiger charge is -2.23. The maximum Gasteiger partial charge on any atom is 0.340 e. The fourth-order valence-electron chi connectivity index (χ4n) is 2.72.